The Labute approximate surface area is 176 Å². The number of nitrogens with zero attached hydrogens (tertiary/aromatic N) is 2. The highest BCUT2D eigenvalue weighted by Crippen LogP contribution is 2.43. The fourth-order valence-electron chi connectivity index (χ4n) is 4.12. The summed E-state index contributed by atoms with van der Waals surface area (Å²) in [6.45, 7) is 2.98. The maximum absolute atomic E-state index is 13.2. The first-order chi connectivity index (χ1) is 14.4. The molecule has 8 heteroatoms. The highest BCUT2D eigenvalue weighted by atomic mass is 32.2. The van der Waals surface area contributed by atoms with Crippen LogP contribution in [0.2, 0.25) is 0 Å². The molecule has 158 valence electrons. The minimum Gasteiger partial charge on any atom is -0.466 e. The first kappa shape index (κ1) is 20.4. The first-order valence-electron chi connectivity index (χ1n) is 10.1. The van der Waals surface area contributed by atoms with Gasteiger partial charge in [-0.1, -0.05) is 24.3 Å². The molecule has 0 radical (unpaired) electrons. The van der Waals surface area contributed by atoms with Gasteiger partial charge in [0.15, 0.2) is 0 Å². The van der Waals surface area contributed by atoms with Crippen LogP contribution in [0, 0.1) is 5.92 Å². The Balaban J connectivity index is 1.62. The molecule has 2 aromatic rings. The zero-order chi connectivity index (χ0) is 21.3. The van der Waals surface area contributed by atoms with E-state index in [2.05, 4.69) is 0 Å². The van der Waals surface area contributed by atoms with E-state index in [4.69, 9.17) is 4.74 Å². The van der Waals surface area contributed by atoms with Gasteiger partial charge in [-0.25, -0.2) is 8.42 Å². The minimum absolute atomic E-state index is 0.000901. The summed E-state index contributed by atoms with van der Waals surface area (Å²) in [6, 6.07) is 13.4. The molecule has 2 heterocycles. The van der Waals surface area contributed by atoms with Gasteiger partial charge < -0.3 is 14.5 Å². The molecule has 30 heavy (non-hydrogen) atoms. The van der Waals surface area contributed by atoms with Crippen LogP contribution >= 0.6 is 0 Å². The van der Waals surface area contributed by atoms with Crippen molar-refractivity contribution >= 4 is 33.1 Å². The molecular weight excluding hydrogens is 404 g/mol. The van der Waals surface area contributed by atoms with Gasteiger partial charge in [-0.15, -0.1) is 0 Å². The lowest BCUT2D eigenvalue weighted by molar-refractivity contribution is -0.151. The second-order valence-corrected chi connectivity index (χ2v) is 9.34. The van der Waals surface area contributed by atoms with Crippen LogP contribution in [0.3, 0.4) is 0 Å². The van der Waals surface area contributed by atoms with Crippen LogP contribution in [0.4, 0.5) is 11.4 Å². The number of hydrogen-bond acceptors (Lipinski definition) is 6. The third-order valence-electron chi connectivity index (χ3n) is 5.58. The van der Waals surface area contributed by atoms with Crippen LogP contribution < -0.4 is 4.90 Å². The van der Waals surface area contributed by atoms with Gasteiger partial charge in [0.25, 0.3) is 0 Å². The molecule has 4 rings (SSSR count). The van der Waals surface area contributed by atoms with E-state index in [1.807, 2.05) is 0 Å². The van der Waals surface area contributed by atoms with Crippen molar-refractivity contribution in [1.29, 1.82) is 0 Å². The zero-order valence-corrected chi connectivity index (χ0v) is 17.6. The van der Waals surface area contributed by atoms with Crippen LogP contribution in [-0.4, -0.2) is 51.4 Å². The second-order valence-electron chi connectivity index (χ2n) is 7.46. The molecule has 0 aromatic heterocycles. The average molecular weight is 429 g/mol. The Morgan fingerprint density at radius 1 is 1.03 bits per heavy atom. The molecule has 2 aromatic carbocycles. The molecule has 2 aliphatic rings. The van der Waals surface area contributed by atoms with Crippen molar-refractivity contribution < 1.29 is 22.7 Å². The van der Waals surface area contributed by atoms with E-state index in [0.29, 0.717) is 37.5 Å². The Hall–Kier alpha value is -2.87. The van der Waals surface area contributed by atoms with Crippen molar-refractivity contribution in [1.82, 2.24) is 4.90 Å². The largest absolute Gasteiger partial charge is 0.466 e. The number of sulfone groups is 1. The molecule has 0 spiro atoms. The van der Waals surface area contributed by atoms with Crippen molar-refractivity contribution in [3.8, 4) is 0 Å². The van der Waals surface area contributed by atoms with Crippen molar-refractivity contribution in [2.24, 2.45) is 5.92 Å². The molecule has 0 unspecified atom stereocenters. The van der Waals surface area contributed by atoms with Gasteiger partial charge in [-0.05, 0) is 44.0 Å². The van der Waals surface area contributed by atoms with Gasteiger partial charge >= 0.3 is 5.97 Å². The number of amides is 1. The lowest BCUT2D eigenvalue weighted by atomic mass is 9.98. The van der Waals surface area contributed by atoms with E-state index in [0.717, 1.165) is 6.42 Å². The highest BCUT2D eigenvalue weighted by Gasteiger charge is 2.36. The molecule has 7 nitrogen and oxygen atoms in total. The number of carbonyl (C=O) groups excluding carboxylic acids is 2. The topological polar surface area (TPSA) is 84.0 Å². The number of fused-ring (bicyclic) bond motifs is 2. The smallest absolute Gasteiger partial charge is 0.310 e. The monoisotopic (exact) mass is 428 g/mol. The number of piperidine rings is 1. The predicted octanol–water partition coefficient (Wildman–Crippen LogP) is 2.77. The average Bonchev–Trinajstić information content (AvgIpc) is 2.77. The van der Waals surface area contributed by atoms with E-state index >= 15 is 0 Å². The number of anilines is 2. The number of ether oxygens (including phenoxy) is 1. The number of esters is 1. The molecule has 0 N–H and O–H groups in total. The van der Waals surface area contributed by atoms with Crippen LogP contribution in [0.25, 0.3) is 0 Å². The summed E-state index contributed by atoms with van der Waals surface area (Å²) in [4.78, 5) is 29.1. The van der Waals surface area contributed by atoms with E-state index in [-0.39, 0.29) is 34.1 Å². The van der Waals surface area contributed by atoms with E-state index < -0.39 is 9.84 Å². The summed E-state index contributed by atoms with van der Waals surface area (Å²) in [5, 5.41) is 0. The SMILES string of the molecule is CCOC(=O)[C@@H]1CCCN(C(=O)CN2c3ccccc3S(=O)(=O)c3ccccc32)C1. The minimum atomic E-state index is -3.65. The van der Waals surface area contributed by atoms with E-state index in [1.165, 1.54) is 0 Å². The Kier molecular flexibility index (Phi) is 5.51. The molecule has 0 bridgehead atoms. The van der Waals surface area contributed by atoms with Crippen molar-refractivity contribution in [3.63, 3.8) is 0 Å². The Morgan fingerprint density at radius 2 is 1.63 bits per heavy atom. The predicted molar refractivity (Wildman–Crippen MR) is 111 cm³/mol. The number of carbonyl (C=O) groups is 2. The molecule has 1 atom stereocenters. The molecular formula is C22H24N2O5S. The standard InChI is InChI=1S/C22H24N2O5S/c1-2-29-22(26)16-8-7-13-23(14-16)21(25)15-24-17-9-3-5-11-19(17)30(27,28)20-12-6-4-10-18(20)24/h3-6,9-12,16H,2,7-8,13-15H2,1H3/t16-/m1/s1. The molecule has 1 fully saturated rings. The van der Waals surface area contributed by atoms with Crippen molar-refractivity contribution in [2.75, 3.05) is 31.1 Å². The van der Waals surface area contributed by atoms with Gasteiger partial charge in [0, 0.05) is 13.1 Å². The first-order valence-corrected chi connectivity index (χ1v) is 11.6. The fraction of sp³-hybridized carbons (Fsp3) is 0.364. The quantitative estimate of drug-likeness (QED) is 0.697. The lowest BCUT2D eigenvalue weighted by Crippen LogP contribution is -2.46. The number of benzene rings is 2. The molecule has 0 aliphatic carbocycles. The maximum Gasteiger partial charge on any atom is 0.310 e. The van der Waals surface area contributed by atoms with E-state index in [9.17, 15) is 18.0 Å². The van der Waals surface area contributed by atoms with Crippen LogP contribution in [0.5, 0.6) is 0 Å². The van der Waals surface area contributed by atoms with Gasteiger partial charge in [0.1, 0.15) is 6.54 Å². The van der Waals surface area contributed by atoms with E-state index in [1.54, 1.807) is 65.3 Å². The van der Waals surface area contributed by atoms with Crippen molar-refractivity contribution in [3.05, 3.63) is 48.5 Å². The number of rotatable bonds is 4. The van der Waals surface area contributed by atoms with Gasteiger partial charge in [0.2, 0.25) is 15.7 Å². The number of hydrogen-bond donors (Lipinski definition) is 0. The fourth-order valence-corrected chi connectivity index (χ4v) is 5.78. The molecule has 1 saturated heterocycles. The van der Waals surface area contributed by atoms with Gasteiger partial charge in [-0.2, -0.15) is 0 Å². The third-order valence-corrected chi connectivity index (χ3v) is 7.43. The van der Waals surface area contributed by atoms with Crippen LogP contribution in [0.15, 0.2) is 58.3 Å². The number of likely N-dealkylation sites (tertiary alicyclic amines) is 1. The van der Waals surface area contributed by atoms with Crippen molar-refractivity contribution in [2.45, 2.75) is 29.6 Å². The van der Waals surface area contributed by atoms with Crippen LogP contribution in [0.1, 0.15) is 19.8 Å². The summed E-state index contributed by atoms with van der Waals surface area (Å²) >= 11 is 0. The molecule has 2 aliphatic heterocycles. The molecule has 0 saturated carbocycles. The summed E-state index contributed by atoms with van der Waals surface area (Å²) in [6.07, 6.45) is 1.44. The second kappa shape index (κ2) is 8.10. The third kappa shape index (κ3) is 3.56. The van der Waals surface area contributed by atoms with Crippen LogP contribution in [-0.2, 0) is 24.2 Å². The lowest BCUT2D eigenvalue weighted by Gasteiger charge is -2.36. The molecule has 1 amide bonds. The Bertz CT molecular complexity index is 1030. The Morgan fingerprint density at radius 3 is 2.23 bits per heavy atom. The summed E-state index contributed by atoms with van der Waals surface area (Å²) in [5.41, 5.74) is 0.979. The number of para-hydroxylation sites is 2. The van der Waals surface area contributed by atoms with Gasteiger partial charge in [0.05, 0.1) is 33.7 Å². The summed E-state index contributed by atoms with van der Waals surface area (Å²) in [7, 11) is -3.65. The zero-order valence-electron chi connectivity index (χ0n) is 16.8. The van der Waals surface area contributed by atoms with Gasteiger partial charge in [-0.3, -0.25) is 9.59 Å². The summed E-state index contributed by atoms with van der Waals surface area (Å²) < 4.78 is 31.2. The summed E-state index contributed by atoms with van der Waals surface area (Å²) in [5.74, 6) is -0.730. The normalized spacial score (nSPS) is 19.6. The maximum atomic E-state index is 13.2. The highest BCUT2D eigenvalue weighted by molar-refractivity contribution is 7.92.